The highest BCUT2D eigenvalue weighted by molar-refractivity contribution is 6.91. The van der Waals surface area contributed by atoms with E-state index in [2.05, 4.69) is 219 Å². The van der Waals surface area contributed by atoms with E-state index in [1.807, 2.05) is 0 Å². The van der Waals surface area contributed by atoms with Crippen molar-refractivity contribution in [3.63, 3.8) is 0 Å². The lowest BCUT2D eigenvalue weighted by molar-refractivity contribution is 0.282. The number of anilines is 5. The fourth-order valence-electron chi connectivity index (χ4n) is 12.1. The molecular weight excluding hydrogens is 775 g/mol. The zero-order chi connectivity index (χ0) is 44.6. The van der Waals surface area contributed by atoms with Crippen molar-refractivity contribution in [1.29, 1.82) is 0 Å². The third kappa shape index (κ3) is 6.22. The molecule has 0 saturated heterocycles. The molecule has 11 rings (SSSR count). The number of hydrogen-bond acceptors (Lipinski definition) is 3. The maximum atomic E-state index is 7.53. The Morgan fingerprint density at radius 1 is 0.594 bits per heavy atom. The summed E-state index contributed by atoms with van der Waals surface area (Å²) in [5.41, 5.74) is 24.7. The highest BCUT2D eigenvalue weighted by Crippen LogP contribution is 2.56. The third-order valence-electron chi connectivity index (χ3n) is 15.4. The van der Waals surface area contributed by atoms with Crippen LogP contribution in [-0.4, -0.2) is 12.7 Å². The van der Waals surface area contributed by atoms with Gasteiger partial charge in [0, 0.05) is 33.9 Å². The zero-order valence-electron chi connectivity index (χ0n) is 39.7. The summed E-state index contributed by atoms with van der Waals surface area (Å²) in [6.07, 6.45) is 2.31. The molecule has 0 radical (unpaired) electrons. The Balaban J connectivity index is 1.23. The summed E-state index contributed by atoms with van der Waals surface area (Å²) in [5.74, 6) is 0.987. The topological polar surface area (TPSA) is 15.7 Å². The molecule has 0 aromatic heterocycles. The molecule has 320 valence electrons. The van der Waals surface area contributed by atoms with E-state index in [4.69, 9.17) is 4.74 Å². The van der Waals surface area contributed by atoms with Crippen LogP contribution in [0.4, 0.5) is 28.4 Å². The zero-order valence-corrected chi connectivity index (χ0v) is 39.7. The van der Waals surface area contributed by atoms with E-state index in [9.17, 15) is 0 Å². The number of ether oxygens (including phenoxy) is 1. The van der Waals surface area contributed by atoms with E-state index in [0.717, 1.165) is 18.6 Å². The van der Waals surface area contributed by atoms with E-state index in [0.29, 0.717) is 0 Å². The van der Waals surface area contributed by atoms with Crippen LogP contribution in [0, 0.1) is 27.7 Å². The van der Waals surface area contributed by atoms with Crippen LogP contribution >= 0.6 is 0 Å². The molecule has 0 fully saturated rings. The van der Waals surface area contributed by atoms with Crippen LogP contribution in [0.1, 0.15) is 112 Å². The van der Waals surface area contributed by atoms with Crippen molar-refractivity contribution in [2.24, 2.45) is 0 Å². The molecule has 7 aromatic rings. The Morgan fingerprint density at radius 3 is 1.89 bits per heavy atom. The van der Waals surface area contributed by atoms with Crippen molar-refractivity contribution in [2.45, 2.75) is 117 Å². The fraction of sp³-hybridized carbons (Fsp3) is 0.300. The standard InChI is InChI=1S/C60H61BN2O/c1-36-28-38(3)54(39(4)29-36)41-22-25-53-45(32-41)56-57(64-53)61-48-34-46-47(60(10,11)27-26-59(46,8)9)35-50(48)63(49-24-23-42(58(5,6)7)33-44(49)40-18-14-12-15-19-40)52-31-37(2)30-51(55(52)61)62(56)43-20-16-13-17-21-43/h12-25,28-35,56-57H,26-27H2,1-11H3. The fourth-order valence-corrected chi connectivity index (χ4v) is 12.1. The number of rotatable bonds is 4. The quantitative estimate of drug-likeness (QED) is 0.164. The monoisotopic (exact) mass is 836 g/mol. The van der Waals surface area contributed by atoms with Crippen LogP contribution in [0.5, 0.6) is 5.75 Å². The van der Waals surface area contributed by atoms with Gasteiger partial charge in [0.15, 0.2) is 0 Å². The second-order valence-electron chi connectivity index (χ2n) is 21.9. The molecule has 2 unspecified atom stereocenters. The Morgan fingerprint density at radius 2 is 1.22 bits per heavy atom. The van der Waals surface area contributed by atoms with Gasteiger partial charge in [0.25, 0.3) is 6.71 Å². The largest absolute Gasteiger partial charge is 0.495 e. The maximum absolute atomic E-state index is 7.53. The van der Waals surface area contributed by atoms with E-state index >= 15 is 0 Å². The molecule has 0 spiro atoms. The highest BCUT2D eigenvalue weighted by atomic mass is 16.5. The molecule has 2 atom stereocenters. The molecule has 0 amide bonds. The molecule has 7 aromatic carbocycles. The minimum atomic E-state index is -0.171. The molecule has 0 saturated carbocycles. The van der Waals surface area contributed by atoms with Crippen molar-refractivity contribution in [1.82, 2.24) is 0 Å². The number of aryl methyl sites for hydroxylation is 4. The number of benzene rings is 7. The van der Waals surface area contributed by atoms with Crippen LogP contribution in [0.3, 0.4) is 0 Å². The molecule has 3 aliphatic heterocycles. The highest BCUT2D eigenvalue weighted by Gasteiger charge is 2.56. The second-order valence-corrected chi connectivity index (χ2v) is 21.9. The Bertz CT molecular complexity index is 3010. The van der Waals surface area contributed by atoms with Gasteiger partial charge in [-0.15, -0.1) is 0 Å². The van der Waals surface area contributed by atoms with Crippen molar-refractivity contribution < 1.29 is 4.74 Å². The first-order chi connectivity index (χ1) is 30.5. The maximum Gasteiger partial charge on any atom is 0.267 e. The van der Waals surface area contributed by atoms with Gasteiger partial charge in [-0.05, 0) is 172 Å². The summed E-state index contributed by atoms with van der Waals surface area (Å²) in [7, 11) is 0. The van der Waals surface area contributed by atoms with Crippen LogP contribution < -0.4 is 25.5 Å². The van der Waals surface area contributed by atoms with Gasteiger partial charge >= 0.3 is 0 Å². The Kier molecular flexibility index (Phi) is 9.08. The molecule has 4 aliphatic rings. The van der Waals surface area contributed by atoms with Gasteiger partial charge in [0.1, 0.15) is 11.8 Å². The lowest BCUT2D eigenvalue weighted by Gasteiger charge is -2.50. The SMILES string of the molecule is Cc1cc(C)c(-c2ccc3c(c2)C2C(O3)B3c4cc5c(cc4N(c4ccc(C(C)(C)C)cc4-c4ccccc4)c4cc(C)cc(c43)N2c2ccccc2)C(C)(C)CCC5(C)C)c(C)c1. The summed E-state index contributed by atoms with van der Waals surface area (Å²) < 4.78 is 7.53. The third-order valence-corrected chi connectivity index (χ3v) is 15.4. The molecule has 1 aliphatic carbocycles. The van der Waals surface area contributed by atoms with E-state index in [-0.39, 0.29) is 35.0 Å². The number of nitrogens with zero attached hydrogens (tertiary/aromatic N) is 2. The molecular formula is C60H61BN2O. The molecule has 4 heteroatoms. The first-order valence-electron chi connectivity index (χ1n) is 23.6. The first-order valence-corrected chi connectivity index (χ1v) is 23.6. The van der Waals surface area contributed by atoms with Gasteiger partial charge in [0.05, 0.1) is 11.7 Å². The minimum absolute atomic E-state index is 0.0130. The van der Waals surface area contributed by atoms with Gasteiger partial charge in [-0.3, -0.25) is 0 Å². The van der Waals surface area contributed by atoms with E-state index in [1.165, 1.54) is 106 Å². The smallest absolute Gasteiger partial charge is 0.267 e. The number of hydrogen-bond donors (Lipinski definition) is 0. The van der Waals surface area contributed by atoms with Crippen LogP contribution in [0.25, 0.3) is 22.3 Å². The second kappa shape index (κ2) is 14.3. The average molecular weight is 837 g/mol. The lowest BCUT2D eigenvalue weighted by Crippen LogP contribution is -2.65. The summed E-state index contributed by atoms with van der Waals surface area (Å²) in [5, 5.41) is 0. The number of para-hydroxylation sites is 1. The predicted molar refractivity (Wildman–Crippen MR) is 272 cm³/mol. The lowest BCUT2D eigenvalue weighted by atomic mass is 9.32. The molecule has 3 nitrogen and oxygen atoms in total. The van der Waals surface area contributed by atoms with Gasteiger partial charge in [-0.2, -0.15) is 0 Å². The predicted octanol–water partition coefficient (Wildman–Crippen LogP) is 14.5. The van der Waals surface area contributed by atoms with Gasteiger partial charge in [0.2, 0.25) is 0 Å². The van der Waals surface area contributed by atoms with Crippen molar-refractivity contribution in [2.75, 3.05) is 9.80 Å². The van der Waals surface area contributed by atoms with Crippen LogP contribution in [0.15, 0.2) is 133 Å². The van der Waals surface area contributed by atoms with Crippen LogP contribution in [-0.2, 0) is 16.2 Å². The number of fused-ring (bicyclic) bond motifs is 7. The van der Waals surface area contributed by atoms with E-state index < -0.39 is 0 Å². The summed E-state index contributed by atoms with van der Waals surface area (Å²) in [6.45, 7) is 25.8. The van der Waals surface area contributed by atoms with Crippen molar-refractivity contribution >= 4 is 46.1 Å². The normalized spacial score (nSPS) is 18.7. The van der Waals surface area contributed by atoms with Crippen LogP contribution in [0.2, 0.25) is 0 Å². The summed E-state index contributed by atoms with van der Waals surface area (Å²) in [6, 6.07) is 51.0. The summed E-state index contributed by atoms with van der Waals surface area (Å²) in [4.78, 5) is 5.28. The Hall–Kier alpha value is -6.00. The molecule has 0 bridgehead atoms. The van der Waals surface area contributed by atoms with Crippen molar-refractivity contribution in [3.8, 4) is 28.0 Å². The van der Waals surface area contributed by atoms with Gasteiger partial charge in [-0.25, -0.2) is 0 Å². The first kappa shape index (κ1) is 40.8. The van der Waals surface area contributed by atoms with Gasteiger partial charge < -0.3 is 14.5 Å². The van der Waals surface area contributed by atoms with Gasteiger partial charge in [-0.1, -0.05) is 133 Å². The molecule has 0 N–H and O–H groups in total. The van der Waals surface area contributed by atoms with E-state index in [1.54, 1.807) is 0 Å². The minimum Gasteiger partial charge on any atom is -0.495 e. The molecule has 64 heavy (non-hydrogen) atoms. The molecule has 3 heterocycles. The van der Waals surface area contributed by atoms with Crippen molar-refractivity contribution in [3.05, 3.63) is 178 Å². The summed E-state index contributed by atoms with van der Waals surface area (Å²) >= 11 is 0. The Labute approximate surface area is 382 Å². The average Bonchev–Trinajstić information content (AvgIpc) is 3.63.